The average molecular weight is 294 g/mol. The Hall–Kier alpha value is -1.60. The standard InChI is InChI=1S/C14H26N6O/c1-4-5-16-12-7-13(18-14(15)17-12)20-9-11(21)6-10(20)8-19(2)3/h7,10-11,21H,4-6,8-9H2,1-3H3,(H3,15,16,17,18). The van der Waals surface area contributed by atoms with E-state index in [9.17, 15) is 5.11 Å². The number of likely N-dealkylation sites (N-methyl/N-ethyl adjacent to an activating group) is 1. The van der Waals surface area contributed by atoms with Gasteiger partial charge in [0.2, 0.25) is 5.95 Å². The normalized spacial score (nSPS) is 22.0. The third-order valence-corrected chi connectivity index (χ3v) is 3.55. The van der Waals surface area contributed by atoms with Gasteiger partial charge in [-0.1, -0.05) is 6.92 Å². The molecule has 1 aromatic rings. The number of nitrogens with two attached hydrogens (primary N) is 1. The van der Waals surface area contributed by atoms with Gasteiger partial charge in [-0.15, -0.1) is 0 Å². The summed E-state index contributed by atoms with van der Waals surface area (Å²) in [6, 6.07) is 2.15. The number of aliphatic hydroxyl groups is 1. The van der Waals surface area contributed by atoms with Crippen LogP contribution >= 0.6 is 0 Å². The van der Waals surface area contributed by atoms with Crippen molar-refractivity contribution in [3.8, 4) is 0 Å². The third-order valence-electron chi connectivity index (χ3n) is 3.55. The number of rotatable bonds is 6. The third kappa shape index (κ3) is 4.18. The molecule has 0 aliphatic carbocycles. The summed E-state index contributed by atoms with van der Waals surface area (Å²) in [5.41, 5.74) is 5.82. The maximum absolute atomic E-state index is 9.97. The molecule has 0 saturated carbocycles. The molecule has 2 heterocycles. The largest absolute Gasteiger partial charge is 0.391 e. The molecule has 7 heteroatoms. The van der Waals surface area contributed by atoms with E-state index < -0.39 is 0 Å². The van der Waals surface area contributed by atoms with Gasteiger partial charge >= 0.3 is 0 Å². The number of anilines is 3. The minimum Gasteiger partial charge on any atom is -0.391 e. The topological polar surface area (TPSA) is 90.5 Å². The molecule has 1 aliphatic heterocycles. The van der Waals surface area contributed by atoms with Gasteiger partial charge in [0.05, 0.1) is 6.10 Å². The number of aromatic nitrogens is 2. The number of nitrogens with zero attached hydrogens (tertiary/aromatic N) is 4. The van der Waals surface area contributed by atoms with Crippen molar-refractivity contribution < 1.29 is 5.11 Å². The lowest BCUT2D eigenvalue weighted by molar-refractivity contribution is 0.191. The molecule has 118 valence electrons. The highest BCUT2D eigenvalue weighted by Crippen LogP contribution is 2.26. The second-order valence-electron chi connectivity index (χ2n) is 5.85. The number of nitrogen functional groups attached to an aromatic ring is 1. The minimum absolute atomic E-state index is 0.239. The molecule has 4 N–H and O–H groups in total. The SMILES string of the molecule is CCCNc1cc(N2CC(O)CC2CN(C)C)nc(N)n1. The first-order valence-electron chi connectivity index (χ1n) is 7.47. The Bertz CT molecular complexity index is 467. The lowest BCUT2D eigenvalue weighted by Gasteiger charge is -2.28. The fourth-order valence-corrected chi connectivity index (χ4v) is 2.71. The lowest BCUT2D eigenvalue weighted by Crippen LogP contribution is -2.38. The van der Waals surface area contributed by atoms with E-state index in [1.54, 1.807) is 0 Å². The van der Waals surface area contributed by atoms with Gasteiger partial charge in [-0.25, -0.2) is 0 Å². The minimum atomic E-state index is -0.321. The van der Waals surface area contributed by atoms with Crippen LogP contribution in [0.5, 0.6) is 0 Å². The molecule has 1 fully saturated rings. The van der Waals surface area contributed by atoms with Crippen LogP contribution in [0.3, 0.4) is 0 Å². The van der Waals surface area contributed by atoms with Crippen LogP contribution in [0.25, 0.3) is 0 Å². The van der Waals surface area contributed by atoms with Crippen LogP contribution in [0.4, 0.5) is 17.6 Å². The Balaban J connectivity index is 2.20. The Morgan fingerprint density at radius 1 is 1.48 bits per heavy atom. The highest BCUT2D eigenvalue weighted by atomic mass is 16.3. The molecular formula is C14H26N6O. The van der Waals surface area contributed by atoms with Crippen molar-refractivity contribution in [2.45, 2.75) is 31.9 Å². The zero-order valence-corrected chi connectivity index (χ0v) is 13.1. The molecule has 0 radical (unpaired) electrons. The van der Waals surface area contributed by atoms with E-state index in [2.05, 4.69) is 32.0 Å². The first kappa shape index (κ1) is 15.8. The summed E-state index contributed by atoms with van der Waals surface area (Å²) in [6.45, 7) is 4.41. The molecular weight excluding hydrogens is 268 g/mol. The summed E-state index contributed by atoms with van der Waals surface area (Å²) in [4.78, 5) is 12.8. The molecule has 2 atom stereocenters. The number of hydrogen-bond acceptors (Lipinski definition) is 7. The van der Waals surface area contributed by atoms with Gasteiger partial charge in [0, 0.05) is 31.7 Å². The average Bonchev–Trinajstić information content (AvgIpc) is 2.75. The maximum Gasteiger partial charge on any atom is 0.223 e. The molecule has 2 unspecified atom stereocenters. The summed E-state index contributed by atoms with van der Waals surface area (Å²) in [5.74, 6) is 1.78. The Morgan fingerprint density at radius 2 is 2.24 bits per heavy atom. The van der Waals surface area contributed by atoms with Crippen molar-refractivity contribution in [2.75, 3.05) is 49.7 Å². The van der Waals surface area contributed by atoms with Crippen LogP contribution in [-0.2, 0) is 0 Å². The van der Waals surface area contributed by atoms with Crippen LogP contribution in [0.15, 0.2) is 6.07 Å². The van der Waals surface area contributed by atoms with E-state index in [4.69, 9.17) is 5.73 Å². The second-order valence-corrected chi connectivity index (χ2v) is 5.85. The molecule has 21 heavy (non-hydrogen) atoms. The quantitative estimate of drug-likeness (QED) is 0.699. The van der Waals surface area contributed by atoms with Crippen molar-refractivity contribution in [1.82, 2.24) is 14.9 Å². The van der Waals surface area contributed by atoms with Gasteiger partial charge in [-0.2, -0.15) is 9.97 Å². The second kappa shape index (κ2) is 6.91. The van der Waals surface area contributed by atoms with Crippen LogP contribution < -0.4 is 16.0 Å². The number of β-amino-alcohol motifs (C(OH)–C–C–N with tert-alkyl or cyclic N) is 1. The van der Waals surface area contributed by atoms with Crippen molar-refractivity contribution in [1.29, 1.82) is 0 Å². The number of hydrogen-bond donors (Lipinski definition) is 3. The molecule has 0 bridgehead atoms. The zero-order chi connectivity index (χ0) is 15.4. The van der Waals surface area contributed by atoms with Gasteiger partial charge in [0.25, 0.3) is 0 Å². The summed E-state index contributed by atoms with van der Waals surface area (Å²) >= 11 is 0. The van der Waals surface area contributed by atoms with Crippen molar-refractivity contribution >= 4 is 17.6 Å². The number of aliphatic hydroxyl groups excluding tert-OH is 1. The van der Waals surface area contributed by atoms with Gasteiger partial charge < -0.3 is 26.0 Å². The number of nitrogens with one attached hydrogen (secondary N) is 1. The van der Waals surface area contributed by atoms with Crippen molar-refractivity contribution in [3.63, 3.8) is 0 Å². The Morgan fingerprint density at radius 3 is 2.90 bits per heavy atom. The summed E-state index contributed by atoms with van der Waals surface area (Å²) in [5, 5.41) is 13.2. The van der Waals surface area contributed by atoms with Gasteiger partial charge in [0.1, 0.15) is 11.6 Å². The molecule has 0 amide bonds. The van der Waals surface area contributed by atoms with E-state index in [1.165, 1.54) is 0 Å². The Labute approximate surface area is 126 Å². The molecule has 7 nitrogen and oxygen atoms in total. The predicted molar refractivity (Wildman–Crippen MR) is 85.5 cm³/mol. The lowest BCUT2D eigenvalue weighted by atomic mass is 10.2. The monoisotopic (exact) mass is 294 g/mol. The highest BCUT2D eigenvalue weighted by Gasteiger charge is 2.32. The molecule has 2 rings (SSSR count). The van der Waals surface area contributed by atoms with Crippen LogP contribution in [-0.4, -0.2) is 65.8 Å². The fourth-order valence-electron chi connectivity index (χ4n) is 2.71. The van der Waals surface area contributed by atoms with Crippen LogP contribution in [0.2, 0.25) is 0 Å². The van der Waals surface area contributed by atoms with Crippen LogP contribution in [0.1, 0.15) is 19.8 Å². The molecule has 1 saturated heterocycles. The van der Waals surface area contributed by atoms with Gasteiger partial charge in [-0.3, -0.25) is 0 Å². The van der Waals surface area contributed by atoms with Crippen molar-refractivity contribution in [2.24, 2.45) is 0 Å². The van der Waals surface area contributed by atoms with E-state index in [0.29, 0.717) is 6.54 Å². The smallest absolute Gasteiger partial charge is 0.223 e. The maximum atomic E-state index is 9.97. The first-order valence-corrected chi connectivity index (χ1v) is 7.47. The first-order chi connectivity index (χ1) is 9.99. The van der Waals surface area contributed by atoms with E-state index in [1.807, 2.05) is 20.2 Å². The summed E-state index contributed by atoms with van der Waals surface area (Å²) in [7, 11) is 4.07. The van der Waals surface area contributed by atoms with Crippen molar-refractivity contribution in [3.05, 3.63) is 6.07 Å². The summed E-state index contributed by atoms with van der Waals surface area (Å²) in [6.07, 6.45) is 1.45. The van der Waals surface area contributed by atoms with E-state index >= 15 is 0 Å². The summed E-state index contributed by atoms with van der Waals surface area (Å²) < 4.78 is 0. The van der Waals surface area contributed by atoms with E-state index in [-0.39, 0.29) is 18.1 Å². The molecule has 1 aliphatic rings. The molecule has 0 spiro atoms. The molecule has 1 aromatic heterocycles. The highest BCUT2D eigenvalue weighted by molar-refractivity contribution is 5.54. The fraction of sp³-hybridized carbons (Fsp3) is 0.714. The predicted octanol–water partition coefficient (Wildman–Crippen LogP) is 0.382. The van der Waals surface area contributed by atoms with Crippen LogP contribution in [0, 0.1) is 0 Å². The van der Waals surface area contributed by atoms with Gasteiger partial charge in [-0.05, 0) is 26.9 Å². The van der Waals surface area contributed by atoms with Gasteiger partial charge in [0.15, 0.2) is 0 Å². The van der Waals surface area contributed by atoms with E-state index in [0.717, 1.165) is 37.6 Å². The zero-order valence-electron chi connectivity index (χ0n) is 13.1. The Kier molecular flexibility index (Phi) is 5.19. The molecule has 0 aromatic carbocycles.